The summed E-state index contributed by atoms with van der Waals surface area (Å²) >= 11 is 0. The molecule has 52 heavy (non-hydrogen) atoms. The Labute approximate surface area is 301 Å². The molecule has 0 saturated carbocycles. The van der Waals surface area contributed by atoms with E-state index >= 15 is 0 Å². The average molecular weight is 658 g/mol. The molecule has 0 fully saturated rings. The normalized spacial score (nSPS) is 14.0. The zero-order chi connectivity index (χ0) is 33.7. The molecule has 2 aromatic heterocycles. The molecule has 238 valence electrons. The largest absolute Gasteiger partial charge is 0.382 e. The summed E-state index contributed by atoms with van der Waals surface area (Å²) in [4.78, 5) is 5.09. The zero-order valence-electron chi connectivity index (χ0n) is 28.1. The van der Waals surface area contributed by atoms with Gasteiger partial charge in [-0.05, 0) is 111 Å². The van der Waals surface area contributed by atoms with Crippen LogP contribution in [0.1, 0.15) is 0 Å². The van der Waals surface area contributed by atoms with Gasteiger partial charge in [-0.15, -0.1) is 0 Å². The lowest BCUT2D eigenvalue weighted by atomic mass is 9.40. The summed E-state index contributed by atoms with van der Waals surface area (Å²) in [5.74, 6) is 0. The van der Waals surface area contributed by atoms with Crippen LogP contribution in [-0.4, -0.2) is 22.7 Å². The highest BCUT2D eigenvalue weighted by Crippen LogP contribution is 2.47. The van der Waals surface area contributed by atoms with Gasteiger partial charge in [0, 0.05) is 56.3 Å². The number of hydrogen-bond acceptors (Lipinski definition) is 2. The molecule has 0 atom stereocenters. The standard InChI is InChI=1S/C46H28B2N4/c1-3-13-31(14-4-1)51-38-21-9-18-34-36-20-8-12-30-26-28-50(45(30)36)48(42(34)38)43-40(51)24-23-37-46(43)52(32-15-5-2-6-16-32)39-22-10-17-33-35-19-7-11-29-25-27-49(44(29)35)47(37)41(33)39/h1-28H. The SMILES string of the molecule is c1ccc(N2c3cccc4c3B(c3c2ccc2c3N(c3ccccc3)c3cccc5c3B2n2ccc3cccc-5c32)n2ccc3cccc-4c32)cc1. The summed E-state index contributed by atoms with van der Waals surface area (Å²) in [6.07, 6.45) is 4.64. The van der Waals surface area contributed by atoms with Gasteiger partial charge in [0.1, 0.15) is 0 Å². The van der Waals surface area contributed by atoms with Gasteiger partial charge in [-0.1, -0.05) is 103 Å². The fraction of sp³-hybridized carbons (Fsp3) is 0. The smallest absolute Gasteiger partial charge is 0.334 e. The van der Waals surface area contributed by atoms with Crippen LogP contribution in [0.3, 0.4) is 0 Å². The molecule has 0 aliphatic carbocycles. The monoisotopic (exact) mass is 658 g/mol. The highest BCUT2D eigenvalue weighted by Gasteiger charge is 2.48. The first-order chi connectivity index (χ1) is 25.8. The second kappa shape index (κ2) is 9.56. The number of para-hydroxylation sites is 4. The lowest BCUT2D eigenvalue weighted by Crippen LogP contribution is -2.63. The van der Waals surface area contributed by atoms with Crippen molar-refractivity contribution in [1.29, 1.82) is 0 Å². The zero-order valence-corrected chi connectivity index (χ0v) is 28.1. The molecule has 0 saturated heterocycles. The minimum atomic E-state index is -0.0278. The van der Waals surface area contributed by atoms with E-state index < -0.39 is 0 Å². The Morgan fingerprint density at radius 3 is 1.48 bits per heavy atom. The fourth-order valence-electron chi connectivity index (χ4n) is 10.2. The first-order valence-corrected chi connectivity index (χ1v) is 18.2. The van der Waals surface area contributed by atoms with E-state index in [2.05, 4.69) is 189 Å². The maximum Gasteiger partial charge on any atom is 0.334 e. The molecule has 6 heterocycles. The van der Waals surface area contributed by atoms with Gasteiger partial charge in [-0.3, -0.25) is 0 Å². The van der Waals surface area contributed by atoms with Crippen LogP contribution < -0.4 is 31.7 Å². The highest BCUT2D eigenvalue weighted by atomic mass is 15.2. The number of anilines is 6. The molecular formula is C46H28B2N4. The van der Waals surface area contributed by atoms with Crippen LogP contribution in [-0.2, 0) is 0 Å². The van der Waals surface area contributed by atoms with E-state index in [0.29, 0.717) is 0 Å². The first kappa shape index (κ1) is 27.1. The third-order valence-corrected chi connectivity index (χ3v) is 12.1. The van der Waals surface area contributed by atoms with Crippen molar-refractivity contribution in [1.82, 2.24) is 8.96 Å². The molecule has 0 bridgehead atoms. The summed E-state index contributed by atoms with van der Waals surface area (Å²) in [6.45, 7) is 0.00116. The van der Waals surface area contributed by atoms with Crippen LogP contribution in [0.4, 0.5) is 34.1 Å². The van der Waals surface area contributed by atoms with E-state index in [1.165, 1.54) is 94.3 Å². The molecule has 0 radical (unpaired) electrons. The molecule has 4 aliphatic rings. The molecule has 6 heteroatoms. The van der Waals surface area contributed by atoms with Crippen molar-refractivity contribution >= 4 is 91.5 Å². The Balaban J connectivity index is 1.22. The van der Waals surface area contributed by atoms with Crippen LogP contribution in [0.5, 0.6) is 0 Å². The third kappa shape index (κ3) is 3.18. The molecule has 4 aliphatic heterocycles. The van der Waals surface area contributed by atoms with Gasteiger partial charge in [-0.2, -0.15) is 0 Å². The number of hydrogen-bond donors (Lipinski definition) is 0. The average Bonchev–Trinajstić information content (AvgIpc) is 3.84. The van der Waals surface area contributed by atoms with Crippen molar-refractivity contribution in [2.75, 3.05) is 9.80 Å². The Bertz CT molecular complexity index is 3000. The summed E-state index contributed by atoms with van der Waals surface area (Å²) in [6, 6.07) is 58.7. The van der Waals surface area contributed by atoms with Crippen molar-refractivity contribution in [3.63, 3.8) is 0 Å². The predicted molar refractivity (Wildman–Crippen MR) is 219 cm³/mol. The van der Waals surface area contributed by atoms with Gasteiger partial charge in [0.05, 0.1) is 0 Å². The van der Waals surface area contributed by atoms with Crippen molar-refractivity contribution in [3.8, 4) is 22.3 Å². The number of benzene rings is 7. The summed E-state index contributed by atoms with van der Waals surface area (Å²) in [5.41, 5.74) is 20.5. The lowest BCUT2D eigenvalue weighted by Gasteiger charge is -2.46. The van der Waals surface area contributed by atoms with Crippen molar-refractivity contribution in [2.45, 2.75) is 0 Å². The molecule has 0 spiro atoms. The van der Waals surface area contributed by atoms with Crippen LogP contribution in [0.25, 0.3) is 44.1 Å². The molecule has 4 nitrogen and oxygen atoms in total. The van der Waals surface area contributed by atoms with Crippen molar-refractivity contribution < 1.29 is 0 Å². The summed E-state index contributed by atoms with van der Waals surface area (Å²) < 4.78 is 5.11. The van der Waals surface area contributed by atoms with E-state index in [1.54, 1.807) is 0 Å². The Kier molecular flexibility index (Phi) is 4.99. The number of fused-ring (bicyclic) bond motifs is 9. The van der Waals surface area contributed by atoms with Gasteiger partial charge < -0.3 is 18.8 Å². The Morgan fingerprint density at radius 1 is 0.346 bits per heavy atom. The van der Waals surface area contributed by atoms with E-state index in [9.17, 15) is 0 Å². The fourth-order valence-corrected chi connectivity index (χ4v) is 10.2. The maximum absolute atomic E-state index is 2.58. The predicted octanol–water partition coefficient (Wildman–Crippen LogP) is 8.43. The Morgan fingerprint density at radius 2 is 0.846 bits per heavy atom. The first-order valence-electron chi connectivity index (χ1n) is 18.2. The van der Waals surface area contributed by atoms with Crippen molar-refractivity contribution in [2.24, 2.45) is 0 Å². The van der Waals surface area contributed by atoms with E-state index in [1.807, 2.05) is 0 Å². The highest BCUT2D eigenvalue weighted by molar-refractivity contribution is 6.94. The summed E-state index contributed by atoms with van der Waals surface area (Å²) in [5, 5.41) is 2.56. The van der Waals surface area contributed by atoms with Gasteiger partial charge in [-0.25, -0.2) is 0 Å². The van der Waals surface area contributed by atoms with E-state index in [0.717, 1.165) is 5.69 Å². The lowest BCUT2D eigenvalue weighted by molar-refractivity contribution is 1.20. The van der Waals surface area contributed by atoms with Gasteiger partial charge in [0.2, 0.25) is 0 Å². The molecule has 7 aromatic carbocycles. The number of nitrogens with zero attached hydrogens (tertiary/aromatic N) is 4. The molecule has 9 aromatic rings. The summed E-state index contributed by atoms with van der Waals surface area (Å²) in [7, 11) is 0. The van der Waals surface area contributed by atoms with Crippen LogP contribution >= 0.6 is 0 Å². The number of aromatic nitrogens is 2. The van der Waals surface area contributed by atoms with Crippen LogP contribution in [0.2, 0.25) is 0 Å². The van der Waals surface area contributed by atoms with E-state index in [4.69, 9.17) is 0 Å². The molecular weight excluding hydrogens is 630 g/mol. The number of rotatable bonds is 2. The van der Waals surface area contributed by atoms with Crippen LogP contribution in [0, 0.1) is 0 Å². The minimum Gasteiger partial charge on any atom is -0.382 e. The molecule has 0 unspecified atom stereocenters. The van der Waals surface area contributed by atoms with Gasteiger partial charge in [0.25, 0.3) is 0 Å². The molecule has 13 rings (SSSR count). The van der Waals surface area contributed by atoms with Gasteiger partial charge >= 0.3 is 13.7 Å². The minimum absolute atomic E-state index is 0.0278. The van der Waals surface area contributed by atoms with Gasteiger partial charge in [0.15, 0.2) is 0 Å². The Hall–Kier alpha value is -6.65. The van der Waals surface area contributed by atoms with Crippen molar-refractivity contribution in [3.05, 3.63) is 170 Å². The molecule has 0 N–H and O–H groups in total. The topological polar surface area (TPSA) is 16.3 Å². The maximum atomic E-state index is 2.58. The second-order valence-corrected chi connectivity index (χ2v) is 14.5. The second-order valence-electron chi connectivity index (χ2n) is 14.5. The third-order valence-electron chi connectivity index (χ3n) is 12.1. The molecule has 0 amide bonds. The quantitative estimate of drug-likeness (QED) is 0.174. The van der Waals surface area contributed by atoms with Crippen LogP contribution in [0.15, 0.2) is 170 Å². The van der Waals surface area contributed by atoms with E-state index in [-0.39, 0.29) is 13.7 Å².